The van der Waals surface area contributed by atoms with Crippen molar-refractivity contribution >= 4 is 35.0 Å². The van der Waals surface area contributed by atoms with Crippen LogP contribution in [0.1, 0.15) is 16.4 Å². The maximum atomic E-state index is 6.05. The lowest BCUT2D eigenvalue weighted by Crippen LogP contribution is -1.96. The lowest BCUT2D eigenvalue weighted by Gasteiger charge is -2.15. The molecule has 0 aliphatic carbocycles. The summed E-state index contributed by atoms with van der Waals surface area (Å²) in [4.78, 5) is 0. The van der Waals surface area contributed by atoms with Gasteiger partial charge in [0, 0.05) is 15.6 Å². The van der Waals surface area contributed by atoms with Gasteiger partial charge < -0.3 is 4.42 Å². The number of benzene rings is 3. The van der Waals surface area contributed by atoms with E-state index in [1.165, 1.54) is 11.8 Å². The van der Waals surface area contributed by atoms with Gasteiger partial charge in [-0.05, 0) is 47.5 Å². The first kappa shape index (κ1) is 18.1. The standard InChI is InChI=1S/C21H14Cl2N2OS/c22-17-10-6-15(7-11-17)19(14-4-2-1-3-5-14)27-21-25-24-20(26-21)16-8-12-18(23)13-9-16/h1-13,19H/t19-/m0/s1. The highest BCUT2D eigenvalue weighted by Crippen LogP contribution is 2.40. The normalized spacial score (nSPS) is 12.1. The Hall–Kier alpha value is -2.27. The van der Waals surface area contributed by atoms with Crippen molar-refractivity contribution in [3.8, 4) is 11.5 Å². The van der Waals surface area contributed by atoms with E-state index in [2.05, 4.69) is 22.3 Å². The van der Waals surface area contributed by atoms with E-state index in [9.17, 15) is 0 Å². The van der Waals surface area contributed by atoms with E-state index < -0.39 is 0 Å². The summed E-state index contributed by atoms with van der Waals surface area (Å²) in [5.74, 6) is 0.470. The molecular weight excluding hydrogens is 399 g/mol. The predicted molar refractivity (Wildman–Crippen MR) is 110 cm³/mol. The monoisotopic (exact) mass is 412 g/mol. The largest absolute Gasteiger partial charge is 0.411 e. The van der Waals surface area contributed by atoms with Gasteiger partial charge in [0.1, 0.15) is 0 Å². The molecule has 4 aromatic rings. The maximum absolute atomic E-state index is 6.05. The minimum atomic E-state index is 0.0157. The second kappa shape index (κ2) is 8.17. The molecule has 3 nitrogen and oxygen atoms in total. The van der Waals surface area contributed by atoms with Crippen molar-refractivity contribution in [1.29, 1.82) is 0 Å². The zero-order chi connectivity index (χ0) is 18.6. The number of halogens is 2. The molecule has 1 aromatic heterocycles. The lowest BCUT2D eigenvalue weighted by atomic mass is 10.0. The minimum Gasteiger partial charge on any atom is -0.411 e. The number of hydrogen-bond donors (Lipinski definition) is 0. The average Bonchev–Trinajstić information content (AvgIpc) is 3.17. The van der Waals surface area contributed by atoms with Gasteiger partial charge in [-0.25, -0.2) is 0 Å². The molecule has 6 heteroatoms. The van der Waals surface area contributed by atoms with Gasteiger partial charge in [-0.1, -0.05) is 77.4 Å². The van der Waals surface area contributed by atoms with Gasteiger partial charge in [0.25, 0.3) is 5.22 Å². The molecule has 134 valence electrons. The second-order valence-corrected chi connectivity index (χ2v) is 7.77. The van der Waals surface area contributed by atoms with Crippen molar-refractivity contribution in [3.63, 3.8) is 0 Å². The van der Waals surface area contributed by atoms with E-state index >= 15 is 0 Å². The Labute approximate surface area is 171 Å². The van der Waals surface area contributed by atoms with Crippen LogP contribution in [0.5, 0.6) is 0 Å². The minimum absolute atomic E-state index is 0.0157. The number of thioether (sulfide) groups is 1. The Bertz CT molecular complexity index is 1020. The van der Waals surface area contributed by atoms with Gasteiger partial charge >= 0.3 is 0 Å². The predicted octanol–water partition coefficient (Wildman–Crippen LogP) is 6.93. The molecular formula is C21H14Cl2N2OS. The van der Waals surface area contributed by atoms with E-state index in [1.54, 1.807) is 12.1 Å². The molecule has 0 saturated carbocycles. The van der Waals surface area contributed by atoms with Crippen molar-refractivity contribution < 1.29 is 4.42 Å². The molecule has 0 fully saturated rings. The van der Waals surface area contributed by atoms with Gasteiger partial charge in [-0.15, -0.1) is 10.2 Å². The van der Waals surface area contributed by atoms with Gasteiger partial charge in [0.2, 0.25) is 5.89 Å². The Morgan fingerprint density at radius 2 is 1.30 bits per heavy atom. The first-order valence-electron chi connectivity index (χ1n) is 8.25. The van der Waals surface area contributed by atoms with Crippen molar-refractivity contribution in [3.05, 3.63) is 100 Å². The Balaban J connectivity index is 1.64. The number of aromatic nitrogens is 2. The van der Waals surface area contributed by atoms with Crippen molar-refractivity contribution in [1.82, 2.24) is 10.2 Å². The van der Waals surface area contributed by atoms with Crippen LogP contribution >= 0.6 is 35.0 Å². The quantitative estimate of drug-likeness (QED) is 0.333. The second-order valence-electron chi connectivity index (χ2n) is 5.84. The Morgan fingerprint density at radius 3 is 1.96 bits per heavy atom. The molecule has 1 atom stereocenters. The fourth-order valence-corrected chi connectivity index (χ4v) is 3.92. The smallest absolute Gasteiger partial charge is 0.277 e. The molecule has 1 heterocycles. The molecule has 3 aromatic carbocycles. The highest BCUT2D eigenvalue weighted by Gasteiger charge is 2.20. The lowest BCUT2D eigenvalue weighted by molar-refractivity contribution is 0.465. The highest BCUT2D eigenvalue weighted by atomic mass is 35.5. The molecule has 0 aliphatic rings. The number of rotatable bonds is 5. The molecule has 0 bridgehead atoms. The van der Waals surface area contributed by atoms with Gasteiger partial charge in [0.05, 0.1) is 5.25 Å². The summed E-state index contributed by atoms with van der Waals surface area (Å²) < 4.78 is 5.88. The van der Waals surface area contributed by atoms with Gasteiger partial charge in [-0.3, -0.25) is 0 Å². The zero-order valence-electron chi connectivity index (χ0n) is 14.0. The number of nitrogens with zero attached hydrogens (tertiary/aromatic N) is 2. The fraction of sp³-hybridized carbons (Fsp3) is 0.0476. The van der Waals surface area contributed by atoms with E-state index in [0.717, 1.165) is 16.7 Å². The van der Waals surface area contributed by atoms with Gasteiger partial charge in [0.15, 0.2) is 0 Å². The third-order valence-corrected chi connectivity index (χ3v) is 5.64. The van der Waals surface area contributed by atoms with Crippen LogP contribution in [0.25, 0.3) is 11.5 Å². The first-order valence-corrected chi connectivity index (χ1v) is 9.89. The molecule has 0 saturated heterocycles. The molecule has 27 heavy (non-hydrogen) atoms. The van der Waals surface area contributed by atoms with Crippen molar-refractivity contribution in [2.75, 3.05) is 0 Å². The van der Waals surface area contributed by atoms with Crippen LogP contribution in [0, 0.1) is 0 Å². The molecule has 0 unspecified atom stereocenters. The topological polar surface area (TPSA) is 38.9 Å². The fourth-order valence-electron chi connectivity index (χ4n) is 2.66. The van der Waals surface area contributed by atoms with Crippen LogP contribution in [0.15, 0.2) is 88.5 Å². The van der Waals surface area contributed by atoms with Crippen molar-refractivity contribution in [2.45, 2.75) is 10.5 Å². The average molecular weight is 413 g/mol. The van der Waals surface area contributed by atoms with E-state index in [1.807, 2.05) is 54.6 Å². The molecule has 4 rings (SSSR count). The summed E-state index contributed by atoms with van der Waals surface area (Å²) in [6.45, 7) is 0. The summed E-state index contributed by atoms with van der Waals surface area (Å²) in [6.07, 6.45) is 0. The summed E-state index contributed by atoms with van der Waals surface area (Å²) in [5.41, 5.74) is 3.10. The van der Waals surface area contributed by atoms with E-state index in [0.29, 0.717) is 21.2 Å². The zero-order valence-corrected chi connectivity index (χ0v) is 16.4. The van der Waals surface area contributed by atoms with Crippen LogP contribution < -0.4 is 0 Å². The Morgan fingerprint density at radius 1 is 0.704 bits per heavy atom. The molecule has 0 spiro atoms. The number of hydrogen-bond acceptors (Lipinski definition) is 4. The highest BCUT2D eigenvalue weighted by molar-refractivity contribution is 7.99. The summed E-state index contributed by atoms with van der Waals surface area (Å²) in [6, 6.07) is 25.3. The summed E-state index contributed by atoms with van der Waals surface area (Å²) in [5, 5.41) is 10.3. The van der Waals surface area contributed by atoms with Crippen LogP contribution in [-0.4, -0.2) is 10.2 Å². The molecule has 0 aliphatic heterocycles. The molecule has 0 radical (unpaired) electrons. The first-order chi connectivity index (χ1) is 13.2. The Kier molecular flexibility index (Phi) is 5.48. The van der Waals surface area contributed by atoms with Crippen LogP contribution in [0.2, 0.25) is 10.0 Å². The molecule has 0 amide bonds. The van der Waals surface area contributed by atoms with Crippen molar-refractivity contribution in [2.24, 2.45) is 0 Å². The van der Waals surface area contributed by atoms with Crippen LogP contribution in [-0.2, 0) is 0 Å². The third kappa shape index (κ3) is 4.35. The van der Waals surface area contributed by atoms with Crippen LogP contribution in [0.4, 0.5) is 0 Å². The van der Waals surface area contributed by atoms with E-state index in [4.69, 9.17) is 27.6 Å². The summed E-state index contributed by atoms with van der Waals surface area (Å²) in [7, 11) is 0. The van der Waals surface area contributed by atoms with E-state index in [-0.39, 0.29) is 5.25 Å². The maximum Gasteiger partial charge on any atom is 0.277 e. The molecule has 0 N–H and O–H groups in total. The van der Waals surface area contributed by atoms with Crippen LogP contribution in [0.3, 0.4) is 0 Å². The SMILES string of the molecule is Clc1ccc(-c2nnc(S[C@@H](c3ccccc3)c3ccc(Cl)cc3)o2)cc1. The summed E-state index contributed by atoms with van der Waals surface area (Å²) >= 11 is 13.5. The van der Waals surface area contributed by atoms with Gasteiger partial charge in [-0.2, -0.15) is 0 Å². The third-order valence-electron chi connectivity index (χ3n) is 3.99.